The van der Waals surface area contributed by atoms with Gasteiger partial charge in [-0.3, -0.25) is 0 Å². The molecule has 1 unspecified atom stereocenters. The van der Waals surface area contributed by atoms with Gasteiger partial charge in [0.1, 0.15) is 18.5 Å². The van der Waals surface area contributed by atoms with Gasteiger partial charge >= 0.3 is 6.09 Å². The highest BCUT2D eigenvalue weighted by Gasteiger charge is 2.14. The molecule has 100 valence electrons. The summed E-state index contributed by atoms with van der Waals surface area (Å²) >= 11 is 0. The van der Waals surface area contributed by atoms with Crippen molar-refractivity contribution in [2.45, 2.75) is 26.0 Å². The summed E-state index contributed by atoms with van der Waals surface area (Å²) in [6.45, 7) is 3.33. The smallest absolute Gasteiger partial charge is 0.404 e. The number of carbonyl (C=O) groups is 1. The van der Waals surface area contributed by atoms with Gasteiger partial charge < -0.3 is 20.9 Å². The van der Waals surface area contributed by atoms with Crippen LogP contribution in [0.2, 0.25) is 0 Å². The van der Waals surface area contributed by atoms with Crippen LogP contribution < -0.4 is 16.2 Å². The zero-order valence-corrected chi connectivity index (χ0v) is 10.2. The fraction of sp³-hybridized carbons (Fsp3) is 0.455. The second-order valence-electron chi connectivity index (χ2n) is 3.90. The molecule has 1 aromatic rings. The van der Waals surface area contributed by atoms with Gasteiger partial charge in [-0.2, -0.15) is 0 Å². The van der Waals surface area contributed by atoms with E-state index < -0.39 is 24.1 Å². The van der Waals surface area contributed by atoms with Crippen LogP contribution in [-0.4, -0.2) is 23.8 Å². The third-order valence-corrected chi connectivity index (χ3v) is 2.11. The quantitative estimate of drug-likeness (QED) is 0.822. The molecule has 1 amide bonds. The zero-order valence-electron chi connectivity index (χ0n) is 10.2. The highest BCUT2D eigenvalue weighted by Crippen LogP contribution is 2.22. The van der Waals surface area contributed by atoms with Gasteiger partial charge in [0.15, 0.2) is 0 Å². The minimum Gasteiger partial charge on any atom is -0.471 e. The monoisotopic (exact) mass is 257 g/mol. The Morgan fingerprint density at radius 3 is 2.78 bits per heavy atom. The zero-order chi connectivity index (χ0) is 13.7. The topological polar surface area (TPSA) is 100 Å². The molecule has 0 fully saturated rings. The number of nitrogens with zero attached hydrogens (tertiary/aromatic N) is 1. The van der Waals surface area contributed by atoms with Crippen molar-refractivity contribution in [3.8, 4) is 5.88 Å². The largest absolute Gasteiger partial charge is 0.471 e. The number of aromatic nitrogens is 1. The maximum Gasteiger partial charge on any atom is 0.404 e. The van der Waals surface area contributed by atoms with Crippen LogP contribution in [0.4, 0.5) is 9.18 Å². The van der Waals surface area contributed by atoms with Crippen molar-refractivity contribution in [3.63, 3.8) is 0 Å². The lowest BCUT2D eigenvalue weighted by Crippen LogP contribution is -2.25. The van der Waals surface area contributed by atoms with Crippen molar-refractivity contribution in [2.75, 3.05) is 6.61 Å². The number of hydrogen-bond acceptors (Lipinski definition) is 5. The Bertz CT molecular complexity index is 426. The minimum absolute atomic E-state index is 0.0210. The van der Waals surface area contributed by atoms with Crippen LogP contribution in [-0.2, 0) is 4.74 Å². The summed E-state index contributed by atoms with van der Waals surface area (Å²) in [4.78, 5) is 14.3. The predicted molar refractivity (Wildman–Crippen MR) is 62.4 cm³/mol. The molecule has 1 rings (SSSR count). The van der Waals surface area contributed by atoms with E-state index >= 15 is 0 Å². The Morgan fingerprint density at radius 2 is 2.22 bits per heavy atom. The molecule has 0 saturated carbocycles. The van der Waals surface area contributed by atoms with Gasteiger partial charge in [0, 0.05) is 11.6 Å². The predicted octanol–water partition coefficient (Wildman–Crippen LogP) is 1.10. The molecule has 0 saturated heterocycles. The number of carbonyl (C=O) groups excluding carboxylic acids is 1. The van der Waals surface area contributed by atoms with Crippen LogP contribution in [0.15, 0.2) is 12.3 Å². The average molecular weight is 257 g/mol. The summed E-state index contributed by atoms with van der Waals surface area (Å²) in [5, 5.41) is 0. The molecule has 0 aliphatic carbocycles. The number of amides is 1. The molecule has 2 atom stereocenters. The van der Waals surface area contributed by atoms with Crippen LogP contribution in [0.25, 0.3) is 0 Å². The highest BCUT2D eigenvalue weighted by atomic mass is 19.1. The molecule has 7 heteroatoms. The van der Waals surface area contributed by atoms with Gasteiger partial charge in [0.05, 0.1) is 6.20 Å². The van der Waals surface area contributed by atoms with E-state index in [2.05, 4.69) is 9.72 Å². The minimum atomic E-state index is -0.884. The second kappa shape index (κ2) is 6.15. The second-order valence-corrected chi connectivity index (χ2v) is 3.90. The van der Waals surface area contributed by atoms with Crippen LogP contribution in [0, 0.1) is 5.82 Å². The Labute approximate surface area is 104 Å². The van der Waals surface area contributed by atoms with Crippen molar-refractivity contribution in [2.24, 2.45) is 11.5 Å². The summed E-state index contributed by atoms with van der Waals surface area (Å²) in [6, 6.07) is 0.835. The fourth-order valence-corrected chi connectivity index (χ4v) is 1.29. The van der Waals surface area contributed by atoms with Gasteiger partial charge in [-0.15, -0.1) is 0 Å². The lowest BCUT2D eigenvalue weighted by atomic mass is 10.1. The van der Waals surface area contributed by atoms with E-state index in [1.54, 1.807) is 13.8 Å². The summed E-state index contributed by atoms with van der Waals surface area (Å²) in [5.41, 5.74) is 11.0. The molecule has 0 aliphatic heterocycles. The number of pyridine rings is 1. The maximum atomic E-state index is 13.0. The number of ether oxygens (including phenoxy) is 2. The van der Waals surface area contributed by atoms with Gasteiger partial charge in [0.2, 0.25) is 5.88 Å². The van der Waals surface area contributed by atoms with E-state index in [4.69, 9.17) is 16.2 Å². The molecular weight excluding hydrogens is 241 g/mol. The van der Waals surface area contributed by atoms with Gasteiger partial charge in [-0.1, -0.05) is 0 Å². The molecule has 0 aliphatic rings. The van der Waals surface area contributed by atoms with E-state index in [0.717, 1.165) is 6.20 Å². The number of nitrogens with two attached hydrogens (primary N) is 2. The summed E-state index contributed by atoms with van der Waals surface area (Å²) in [5.74, 6) is -0.275. The SMILES string of the molecule is CC(COC(N)=O)Oc1ncc(F)cc1[C@@H](C)N. The summed E-state index contributed by atoms with van der Waals surface area (Å²) in [6.07, 6.45) is -0.319. The molecule has 6 nitrogen and oxygen atoms in total. The number of halogens is 1. The molecule has 0 aromatic carbocycles. The molecule has 4 N–H and O–H groups in total. The molecule has 18 heavy (non-hydrogen) atoms. The van der Waals surface area contributed by atoms with Crippen LogP contribution in [0.3, 0.4) is 0 Å². The molecule has 0 radical (unpaired) electrons. The van der Waals surface area contributed by atoms with Crippen LogP contribution in [0.1, 0.15) is 25.5 Å². The first-order valence-corrected chi connectivity index (χ1v) is 5.40. The average Bonchev–Trinajstić information content (AvgIpc) is 2.28. The molecule has 1 aromatic heterocycles. The van der Waals surface area contributed by atoms with Crippen molar-refractivity contribution in [1.29, 1.82) is 0 Å². The van der Waals surface area contributed by atoms with E-state index in [1.807, 2.05) is 0 Å². The highest BCUT2D eigenvalue weighted by molar-refractivity contribution is 5.64. The van der Waals surface area contributed by atoms with Crippen molar-refractivity contribution >= 4 is 6.09 Å². The van der Waals surface area contributed by atoms with Gasteiger partial charge in [-0.25, -0.2) is 14.2 Å². The Morgan fingerprint density at radius 1 is 1.56 bits per heavy atom. The van der Waals surface area contributed by atoms with E-state index in [0.29, 0.717) is 5.56 Å². The summed E-state index contributed by atoms with van der Waals surface area (Å²) in [7, 11) is 0. The Hall–Kier alpha value is -1.89. The summed E-state index contributed by atoms with van der Waals surface area (Å²) < 4.78 is 23.0. The Balaban J connectivity index is 2.74. The van der Waals surface area contributed by atoms with Crippen LogP contribution in [0.5, 0.6) is 5.88 Å². The van der Waals surface area contributed by atoms with E-state index in [-0.39, 0.29) is 12.5 Å². The maximum absolute atomic E-state index is 13.0. The third-order valence-electron chi connectivity index (χ3n) is 2.11. The van der Waals surface area contributed by atoms with Gasteiger partial charge in [0.25, 0.3) is 0 Å². The van der Waals surface area contributed by atoms with Gasteiger partial charge in [-0.05, 0) is 19.9 Å². The van der Waals surface area contributed by atoms with E-state index in [9.17, 15) is 9.18 Å². The Kier molecular flexibility index (Phi) is 4.85. The number of hydrogen-bond donors (Lipinski definition) is 2. The molecule has 0 bridgehead atoms. The molecular formula is C11H16FN3O3. The first kappa shape index (κ1) is 14.2. The first-order chi connectivity index (χ1) is 8.40. The van der Waals surface area contributed by atoms with Crippen LogP contribution >= 0.6 is 0 Å². The fourth-order valence-electron chi connectivity index (χ4n) is 1.29. The number of rotatable bonds is 5. The van der Waals surface area contributed by atoms with Crippen molar-refractivity contribution in [3.05, 3.63) is 23.6 Å². The number of primary amides is 1. The third kappa shape index (κ3) is 4.17. The standard InChI is InChI=1S/C11H16FN3O3/c1-6(5-17-11(14)16)18-10-9(7(2)13)3-8(12)4-15-10/h3-4,6-7H,5,13H2,1-2H3,(H2,14,16)/t6?,7-/m1/s1. The molecule has 1 heterocycles. The molecule has 0 spiro atoms. The van der Waals surface area contributed by atoms with Crippen molar-refractivity contribution in [1.82, 2.24) is 4.98 Å². The van der Waals surface area contributed by atoms with E-state index in [1.165, 1.54) is 6.07 Å². The first-order valence-electron chi connectivity index (χ1n) is 5.40. The lowest BCUT2D eigenvalue weighted by molar-refractivity contribution is 0.0929. The normalized spacial score (nSPS) is 13.8. The lowest BCUT2D eigenvalue weighted by Gasteiger charge is -2.17. The van der Waals surface area contributed by atoms with Crippen molar-refractivity contribution < 1.29 is 18.7 Å².